The highest BCUT2D eigenvalue weighted by Gasteiger charge is 2.21. The molecular formula is C34H23N3O. The third-order valence-corrected chi connectivity index (χ3v) is 7.51. The first-order valence-electron chi connectivity index (χ1n) is 12.8. The van der Waals surface area contributed by atoms with Gasteiger partial charge in [-0.25, -0.2) is 9.97 Å². The molecule has 0 atom stereocenters. The number of fused-ring (bicyclic) bond motifs is 8. The molecule has 0 saturated heterocycles. The van der Waals surface area contributed by atoms with E-state index in [1.165, 1.54) is 11.1 Å². The minimum absolute atomic E-state index is 0.651. The summed E-state index contributed by atoms with van der Waals surface area (Å²) in [5.74, 6) is 0.651. The summed E-state index contributed by atoms with van der Waals surface area (Å²) >= 11 is 0. The number of aryl methyl sites for hydroxylation is 2. The highest BCUT2D eigenvalue weighted by atomic mass is 16.3. The van der Waals surface area contributed by atoms with Crippen LogP contribution in [0.1, 0.15) is 11.1 Å². The summed E-state index contributed by atoms with van der Waals surface area (Å²) in [7, 11) is 0. The van der Waals surface area contributed by atoms with Gasteiger partial charge in [0, 0.05) is 27.1 Å². The normalized spacial score (nSPS) is 11.9. The van der Waals surface area contributed by atoms with Crippen LogP contribution in [-0.4, -0.2) is 14.5 Å². The Kier molecular flexibility index (Phi) is 4.32. The quantitative estimate of drug-likeness (QED) is 0.243. The first-order chi connectivity index (χ1) is 18.7. The van der Waals surface area contributed by atoms with E-state index in [1.807, 2.05) is 18.2 Å². The van der Waals surface area contributed by atoms with E-state index < -0.39 is 0 Å². The number of aromatic nitrogens is 3. The van der Waals surface area contributed by atoms with Crippen molar-refractivity contribution in [1.29, 1.82) is 0 Å². The molecule has 0 aliphatic heterocycles. The number of furan rings is 1. The van der Waals surface area contributed by atoms with Crippen LogP contribution < -0.4 is 0 Å². The smallest absolute Gasteiger partial charge is 0.235 e. The Bertz CT molecular complexity index is 2200. The molecule has 0 aliphatic carbocycles. The molecule has 0 bridgehead atoms. The summed E-state index contributed by atoms with van der Waals surface area (Å²) in [5.41, 5.74) is 9.22. The molecule has 180 valence electrons. The maximum absolute atomic E-state index is 6.53. The van der Waals surface area contributed by atoms with Crippen LogP contribution in [0.25, 0.3) is 71.9 Å². The largest absolute Gasteiger partial charge is 0.455 e. The molecule has 0 spiro atoms. The molecule has 0 aliphatic rings. The molecule has 8 rings (SSSR count). The highest BCUT2D eigenvalue weighted by Crippen LogP contribution is 2.41. The minimum Gasteiger partial charge on any atom is -0.455 e. The van der Waals surface area contributed by atoms with Gasteiger partial charge in [0.2, 0.25) is 5.95 Å². The third-order valence-electron chi connectivity index (χ3n) is 7.51. The highest BCUT2D eigenvalue weighted by molar-refractivity contribution is 6.23. The van der Waals surface area contributed by atoms with Gasteiger partial charge in [-0.3, -0.25) is 4.57 Å². The van der Waals surface area contributed by atoms with Gasteiger partial charge in [-0.1, -0.05) is 71.8 Å². The predicted octanol–water partition coefficient (Wildman–Crippen LogP) is 8.91. The zero-order chi connectivity index (χ0) is 25.4. The van der Waals surface area contributed by atoms with E-state index in [0.717, 1.165) is 65.9 Å². The number of nitrogens with zero attached hydrogens (tertiary/aromatic N) is 3. The van der Waals surface area contributed by atoms with Crippen LogP contribution in [0.3, 0.4) is 0 Å². The summed E-state index contributed by atoms with van der Waals surface area (Å²) in [4.78, 5) is 10.3. The first kappa shape index (κ1) is 21.2. The zero-order valence-electron chi connectivity index (χ0n) is 21.1. The molecule has 3 heterocycles. The van der Waals surface area contributed by atoms with Crippen LogP contribution in [0, 0.1) is 13.8 Å². The van der Waals surface area contributed by atoms with Crippen LogP contribution in [-0.2, 0) is 0 Å². The fourth-order valence-electron chi connectivity index (χ4n) is 5.76. The Balaban J connectivity index is 1.53. The molecule has 4 heteroatoms. The summed E-state index contributed by atoms with van der Waals surface area (Å²) in [5, 5.41) is 5.53. The average Bonchev–Trinajstić information content (AvgIpc) is 3.47. The average molecular weight is 490 g/mol. The lowest BCUT2D eigenvalue weighted by Crippen LogP contribution is -2.03. The maximum atomic E-state index is 6.53. The van der Waals surface area contributed by atoms with Crippen molar-refractivity contribution in [3.05, 3.63) is 114 Å². The zero-order valence-corrected chi connectivity index (χ0v) is 21.1. The van der Waals surface area contributed by atoms with Crippen molar-refractivity contribution in [1.82, 2.24) is 14.5 Å². The third kappa shape index (κ3) is 2.97. The molecule has 38 heavy (non-hydrogen) atoms. The number of benzene rings is 5. The summed E-state index contributed by atoms with van der Waals surface area (Å²) in [6.07, 6.45) is 0. The Morgan fingerprint density at radius 2 is 1.34 bits per heavy atom. The maximum Gasteiger partial charge on any atom is 0.235 e. The second kappa shape index (κ2) is 7.77. The molecule has 0 amide bonds. The van der Waals surface area contributed by atoms with Gasteiger partial charge in [-0.05, 0) is 56.3 Å². The number of para-hydroxylation sites is 1. The van der Waals surface area contributed by atoms with Gasteiger partial charge in [0.1, 0.15) is 11.2 Å². The fraction of sp³-hybridized carbons (Fsp3) is 0.0588. The van der Waals surface area contributed by atoms with Crippen LogP contribution in [0.5, 0.6) is 0 Å². The predicted molar refractivity (Wildman–Crippen MR) is 156 cm³/mol. The second-order valence-corrected chi connectivity index (χ2v) is 10.0. The lowest BCUT2D eigenvalue weighted by atomic mass is 10.1. The molecule has 3 aromatic heterocycles. The molecule has 0 fully saturated rings. The molecule has 0 radical (unpaired) electrons. The van der Waals surface area contributed by atoms with Crippen molar-refractivity contribution in [2.24, 2.45) is 0 Å². The Morgan fingerprint density at radius 1 is 0.605 bits per heavy atom. The molecular weight excluding hydrogens is 466 g/mol. The Morgan fingerprint density at radius 3 is 2.21 bits per heavy atom. The molecule has 0 saturated carbocycles. The van der Waals surface area contributed by atoms with Crippen molar-refractivity contribution in [3.8, 4) is 17.2 Å². The number of hydrogen-bond acceptors (Lipinski definition) is 3. The lowest BCUT2D eigenvalue weighted by molar-refractivity contribution is 0.673. The first-order valence-corrected chi connectivity index (χ1v) is 12.8. The van der Waals surface area contributed by atoms with Gasteiger partial charge in [0.15, 0.2) is 0 Å². The van der Waals surface area contributed by atoms with Gasteiger partial charge >= 0.3 is 0 Å². The van der Waals surface area contributed by atoms with Crippen molar-refractivity contribution in [2.45, 2.75) is 13.8 Å². The van der Waals surface area contributed by atoms with Crippen molar-refractivity contribution in [2.75, 3.05) is 0 Å². The van der Waals surface area contributed by atoms with Crippen LogP contribution in [0.4, 0.5) is 0 Å². The molecule has 0 N–H and O–H groups in total. The van der Waals surface area contributed by atoms with Crippen molar-refractivity contribution >= 4 is 54.6 Å². The van der Waals surface area contributed by atoms with Gasteiger partial charge in [-0.2, -0.15) is 0 Å². The Hall–Kier alpha value is -4.96. The van der Waals surface area contributed by atoms with Crippen molar-refractivity contribution in [3.63, 3.8) is 0 Å². The molecule has 4 nitrogen and oxygen atoms in total. The second-order valence-electron chi connectivity index (χ2n) is 10.0. The van der Waals surface area contributed by atoms with E-state index in [9.17, 15) is 0 Å². The van der Waals surface area contributed by atoms with E-state index in [0.29, 0.717) is 5.95 Å². The van der Waals surface area contributed by atoms with Gasteiger partial charge in [0.25, 0.3) is 0 Å². The Labute approximate surface area is 218 Å². The molecule has 8 aromatic rings. The van der Waals surface area contributed by atoms with Crippen molar-refractivity contribution < 1.29 is 4.42 Å². The fourth-order valence-corrected chi connectivity index (χ4v) is 5.76. The summed E-state index contributed by atoms with van der Waals surface area (Å²) < 4.78 is 8.71. The van der Waals surface area contributed by atoms with E-state index in [-0.39, 0.29) is 0 Å². The number of hydrogen-bond donors (Lipinski definition) is 0. The van der Waals surface area contributed by atoms with Crippen LogP contribution >= 0.6 is 0 Å². The van der Waals surface area contributed by atoms with Gasteiger partial charge in [-0.15, -0.1) is 0 Å². The monoisotopic (exact) mass is 489 g/mol. The van der Waals surface area contributed by atoms with Gasteiger partial charge in [0.05, 0.1) is 27.6 Å². The molecule has 0 unspecified atom stereocenters. The lowest BCUT2D eigenvalue weighted by Gasteiger charge is -2.11. The minimum atomic E-state index is 0.651. The molecule has 5 aromatic carbocycles. The van der Waals surface area contributed by atoms with E-state index in [2.05, 4.69) is 103 Å². The van der Waals surface area contributed by atoms with Crippen LogP contribution in [0.2, 0.25) is 0 Å². The van der Waals surface area contributed by atoms with E-state index in [4.69, 9.17) is 14.4 Å². The topological polar surface area (TPSA) is 43.9 Å². The standard InChI is InChI=1S/C34H23N3O/c1-20-12-15-28-26(19-20)31-29(16-14-23-25-18-21(2)13-17-30(25)38-33(23)31)37(28)34-35-27-11-7-6-10-24(27)32(36-34)22-8-4-3-5-9-22/h3-19H,1-2H3. The van der Waals surface area contributed by atoms with Crippen LogP contribution in [0.15, 0.2) is 108 Å². The summed E-state index contributed by atoms with van der Waals surface area (Å²) in [6, 6.07) is 35.9. The SMILES string of the molecule is Cc1ccc2oc3c(ccc4c3c3cc(C)ccc3n4-c3nc(-c4ccccc4)c4ccccc4n3)c2c1. The van der Waals surface area contributed by atoms with E-state index in [1.54, 1.807) is 0 Å². The van der Waals surface area contributed by atoms with E-state index >= 15 is 0 Å². The summed E-state index contributed by atoms with van der Waals surface area (Å²) in [6.45, 7) is 4.25. The number of rotatable bonds is 2. The van der Waals surface area contributed by atoms with Gasteiger partial charge < -0.3 is 4.42 Å².